The minimum atomic E-state index is 0.254. The first-order chi connectivity index (χ1) is 10.3. The molecule has 0 N–H and O–H groups in total. The van der Waals surface area contributed by atoms with E-state index in [1.165, 1.54) is 22.0 Å². The lowest BCUT2D eigenvalue weighted by Crippen LogP contribution is -1.98. The number of rotatable bonds is 5. The highest BCUT2D eigenvalue weighted by molar-refractivity contribution is 5.85. The molecule has 21 heavy (non-hydrogen) atoms. The fourth-order valence-electron chi connectivity index (χ4n) is 2.85. The summed E-state index contributed by atoms with van der Waals surface area (Å²) in [5, 5.41) is 1.25. The van der Waals surface area contributed by atoms with Crippen molar-refractivity contribution in [3.63, 3.8) is 0 Å². The normalized spacial score (nSPS) is 12.4. The molecule has 1 heterocycles. The van der Waals surface area contributed by atoms with Crippen molar-refractivity contribution in [1.82, 2.24) is 4.57 Å². The maximum Gasteiger partial charge on any atom is 0.120 e. The van der Waals surface area contributed by atoms with E-state index in [-0.39, 0.29) is 5.92 Å². The molecule has 0 aliphatic heterocycles. The van der Waals surface area contributed by atoms with E-state index in [1.807, 2.05) is 6.07 Å². The molecule has 0 amide bonds. The number of nitrogens with zero attached hydrogens (tertiary/aromatic N) is 1. The molecule has 3 aromatic rings. The van der Waals surface area contributed by atoms with Crippen molar-refractivity contribution in [2.75, 3.05) is 0 Å². The number of carbonyl (C=O) groups excluding carboxylic acids is 1. The van der Waals surface area contributed by atoms with Crippen LogP contribution in [-0.4, -0.2) is 10.9 Å². The van der Waals surface area contributed by atoms with Crippen molar-refractivity contribution in [2.24, 2.45) is 0 Å². The molecule has 0 saturated heterocycles. The molecule has 0 spiro atoms. The number of aromatic nitrogens is 1. The van der Waals surface area contributed by atoms with Gasteiger partial charge in [-0.15, -0.1) is 0 Å². The molecule has 0 fully saturated rings. The van der Waals surface area contributed by atoms with E-state index in [4.69, 9.17) is 0 Å². The molecule has 2 nitrogen and oxygen atoms in total. The van der Waals surface area contributed by atoms with Gasteiger partial charge in [-0.25, -0.2) is 0 Å². The van der Waals surface area contributed by atoms with Crippen LogP contribution in [0.4, 0.5) is 0 Å². The Morgan fingerprint density at radius 2 is 1.76 bits per heavy atom. The van der Waals surface area contributed by atoms with Gasteiger partial charge in [0.05, 0.1) is 0 Å². The topological polar surface area (TPSA) is 22.0 Å². The van der Waals surface area contributed by atoms with Crippen LogP contribution in [0, 0.1) is 0 Å². The zero-order chi connectivity index (χ0) is 14.7. The van der Waals surface area contributed by atoms with Crippen LogP contribution in [0.25, 0.3) is 10.9 Å². The lowest BCUT2D eigenvalue weighted by atomic mass is 9.98. The number of hydrogen-bond donors (Lipinski definition) is 0. The van der Waals surface area contributed by atoms with Gasteiger partial charge in [0.25, 0.3) is 0 Å². The quantitative estimate of drug-likeness (QED) is 0.634. The van der Waals surface area contributed by atoms with Crippen molar-refractivity contribution in [1.29, 1.82) is 0 Å². The molecule has 2 heteroatoms. The Labute approximate surface area is 125 Å². The van der Waals surface area contributed by atoms with Crippen molar-refractivity contribution < 1.29 is 4.79 Å². The van der Waals surface area contributed by atoms with E-state index in [1.54, 1.807) is 0 Å². The van der Waals surface area contributed by atoms with Gasteiger partial charge in [0, 0.05) is 30.1 Å². The van der Waals surface area contributed by atoms with Gasteiger partial charge in [-0.3, -0.25) is 0 Å². The maximum absolute atomic E-state index is 10.8. The van der Waals surface area contributed by atoms with Crippen LogP contribution in [0.3, 0.4) is 0 Å². The Bertz CT molecular complexity index is 743. The Balaban J connectivity index is 2.04. The Hall–Kier alpha value is -2.35. The fraction of sp³-hybridized carbons (Fsp3) is 0.211. The van der Waals surface area contributed by atoms with Gasteiger partial charge in [-0.2, -0.15) is 0 Å². The lowest BCUT2D eigenvalue weighted by Gasteiger charge is -2.06. The zero-order valence-corrected chi connectivity index (χ0v) is 12.2. The third kappa shape index (κ3) is 2.75. The minimum Gasteiger partial charge on any atom is -0.343 e. The van der Waals surface area contributed by atoms with Crippen LogP contribution in [-0.2, 0) is 11.3 Å². The molecule has 2 aromatic carbocycles. The van der Waals surface area contributed by atoms with Crippen molar-refractivity contribution in [3.05, 3.63) is 71.9 Å². The number of hydrogen-bond acceptors (Lipinski definition) is 1. The standard InChI is InChI=1S/C19H19NO/c1-15(11-12-21)18-14-20(13-16-7-3-2-4-8-16)19-10-6-5-9-17(18)19/h2-10,12,14-15H,11,13H2,1H3. The predicted octanol–water partition coefficient (Wildman–Crippen LogP) is 4.38. The molecule has 3 rings (SSSR count). The lowest BCUT2D eigenvalue weighted by molar-refractivity contribution is -0.108. The van der Waals surface area contributed by atoms with Crippen LogP contribution in [0.5, 0.6) is 0 Å². The summed E-state index contributed by atoms with van der Waals surface area (Å²) in [6, 6.07) is 18.9. The summed E-state index contributed by atoms with van der Waals surface area (Å²) in [5.74, 6) is 0.254. The summed E-state index contributed by atoms with van der Waals surface area (Å²) in [5.41, 5.74) is 3.77. The van der Waals surface area contributed by atoms with Gasteiger partial charge in [0.2, 0.25) is 0 Å². The van der Waals surface area contributed by atoms with Gasteiger partial charge < -0.3 is 9.36 Å². The number of aldehydes is 1. The highest BCUT2D eigenvalue weighted by atomic mass is 16.1. The third-order valence-corrected chi connectivity index (χ3v) is 4.00. The van der Waals surface area contributed by atoms with Crippen molar-refractivity contribution in [3.8, 4) is 0 Å². The van der Waals surface area contributed by atoms with Crippen molar-refractivity contribution in [2.45, 2.75) is 25.8 Å². The van der Waals surface area contributed by atoms with E-state index in [9.17, 15) is 4.79 Å². The van der Waals surface area contributed by atoms with Gasteiger partial charge in [0.15, 0.2) is 0 Å². The molecular weight excluding hydrogens is 258 g/mol. The van der Waals surface area contributed by atoms with Gasteiger partial charge in [0.1, 0.15) is 6.29 Å². The van der Waals surface area contributed by atoms with Gasteiger partial charge in [-0.1, -0.05) is 55.5 Å². The molecular formula is C19H19NO. The molecule has 0 bridgehead atoms. The van der Waals surface area contributed by atoms with Crippen LogP contribution in [0.1, 0.15) is 30.4 Å². The smallest absolute Gasteiger partial charge is 0.120 e. The molecule has 1 aromatic heterocycles. The van der Waals surface area contributed by atoms with Gasteiger partial charge in [-0.05, 0) is 23.1 Å². The number of carbonyl (C=O) groups is 1. The second kappa shape index (κ2) is 5.96. The number of benzene rings is 2. The SMILES string of the molecule is CC(CC=O)c1cn(Cc2ccccc2)c2ccccc12. The molecule has 0 radical (unpaired) electrons. The second-order valence-corrected chi connectivity index (χ2v) is 5.52. The first-order valence-corrected chi connectivity index (χ1v) is 7.35. The summed E-state index contributed by atoms with van der Waals surface area (Å²) in [6.45, 7) is 2.97. The molecule has 0 aliphatic carbocycles. The van der Waals surface area contributed by atoms with E-state index < -0.39 is 0 Å². The molecule has 0 saturated carbocycles. The number of para-hydroxylation sites is 1. The summed E-state index contributed by atoms with van der Waals surface area (Å²) >= 11 is 0. The van der Waals surface area contributed by atoms with E-state index >= 15 is 0 Å². The van der Waals surface area contributed by atoms with Gasteiger partial charge >= 0.3 is 0 Å². The van der Waals surface area contributed by atoms with Crippen LogP contribution in [0.2, 0.25) is 0 Å². The predicted molar refractivity (Wildman–Crippen MR) is 86.6 cm³/mol. The van der Waals surface area contributed by atoms with E-state index in [0.29, 0.717) is 6.42 Å². The molecule has 0 aliphatic rings. The highest BCUT2D eigenvalue weighted by Crippen LogP contribution is 2.29. The first kappa shape index (κ1) is 13.6. The zero-order valence-electron chi connectivity index (χ0n) is 12.2. The van der Waals surface area contributed by atoms with Crippen LogP contribution in [0.15, 0.2) is 60.8 Å². The second-order valence-electron chi connectivity index (χ2n) is 5.52. The largest absolute Gasteiger partial charge is 0.343 e. The average molecular weight is 277 g/mol. The minimum absolute atomic E-state index is 0.254. The Morgan fingerprint density at radius 1 is 1.05 bits per heavy atom. The average Bonchev–Trinajstić information content (AvgIpc) is 2.88. The van der Waals surface area contributed by atoms with E-state index in [0.717, 1.165) is 12.8 Å². The summed E-state index contributed by atoms with van der Waals surface area (Å²) in [7, 11) is 0. The third-order valence-electron chi connectivity index (χ3n) is 4.00. The monoisotopic (exact) mass is 277 g/mol. The molecule has 106 valence electrons. The summed E-state index contributed by atoms with van der Waals surface area (Å²) < 4.78 is 2.28. The van der Waals surface area contributed by atoms with Crippen molar-refractivity contribution >= 4 is 17.2 Å². The Kier molecular flexibility index (Phi) is 3.87. The van der Waals surface area contributed by atoms with Crippen LogP contribution < -0.4 is 0 Å². The van der Waals surface area contributed by atoms with E-state index in [2.05, 4.69) is 66.2 Å². The summed E-state index contributed by atoms with van der Waals surface area (Å²) in [6.07, 6.45) is 3.78. The van der Waals surface area contributed by atoms with Crippen LogP contribution >= 0.6 is 0 Å². The fourth-order valence-corrected chi connectivity index (χ4v) is 2.85. The molecule has 1 atom stereocenters. The number of fused-ring (bicyclic) bond motifs is 1. The molecule has 1 unspecified atom stereocenters. The summed E-state index contributed by atoms with van der Waals surface area (Å²) in [4.78, 5) is 10.8. The Morgan fingerprint density at radius 3 is 2.52 bits per heavy atom. The maximum atomic E-state index is 10.8. The highest BCUT2D eigenvalue weighted by Gasteiger charge is 2.13. The first-order valence-electron chi connectivity index (χ1n) is 7.35.